The Morgan fingerprint density at radius 2 is 1.65 bits per heavy atom. The number of unbranched alkanes of at least 4 members (excludes halogenated alkanes) is 5. The summed E-state index contributed by atoms with van der Waals surface area (Å²) in [7, 11) is 0. The summed E-state index contributed by atoms with van der Waals surface area (Å²) >= 11 is 1.30. The van der Waals surface area contributed by atoms with Gasteiger partial charge in [-0.3, -0.25) is 9.59 Å². The third-order valence-electron chi connectivity index (χ3n) is 5.23. The number of nitrogens with zero attached hydrogens (tertiary/aromatic N) is 4. The number of aliphatic carboxylic acids is 2. The lowest BCUT2D eigenvalue weighted by atomic mass is 9.97. The van der Waals surface area contributed by atoms with E-state index in [2.05, 4.69) is 33.7 Å². The maximum Gasteiger partial charge on any atom is 0.304 e. The second-order valence-electron chi connectivity index (χ2n) is 7.79. The highest BCUT2D eigenvalue weighted by Gasteiger charge is 2.38. The number of hydrogen-bond donors (Lipinski definition) is 2. The predicted octanol–water partition coefficient (Wildman–Crippen LogP) is 6.58. The van der Waals surface area contributed by atoms with Crippen LogP contribution >= 0.6 is 11.8 Å². The number of hydrogen-bond acceptors (Lipinski definition) is 7. The van der Waals surface area contributed by atoms with E-state index in [1.165, 1.54) is 37.4 Å². The lowest BCUT2D eigenvalue weighted by Crippen LogP contribution is -2.21. The Bertz CT molecular complexity index is 773. The molecule has 0 saturated carbocycles. The quantitative estimate of drug-likeness (QED) is 0.276. The Morgan fingerprint density at radius 1 is 0.968 bits per heavy atom. The molecule has 8 nitrogen and oxygen atoms in total. The Labute approximate surface area is 187 Å². The SMILES string of the molecule is CCCCCCCCc1ccccc1C(CC(=O)O)SC1(CCCC(=O)O)N=NN=N1. The topological polar surface area (TPSA) is 124 Å². The zero-order chi connectivity index (χ0) is 22.5. The third-order valence-corrected chi connectivity index (χ3v) is 6.68. The van der Waals surface area contributed by atoms with Crippen molar-refractivity contribution in [3.63, 3.8) is 0 Å². The molecule has 0 saturated heterocycles. The van der Waals surface area contributed by atoms with Crippen LogP contribution in [0.4, 0.5) is 0 Å². The van der Waals surface area contributed by atoms with E-state index < -0.39 is 16.9 Å². The Hall–Kier alpha value is -2.29. The molecule has 0 aromatic heterocycles. The summed E-state index contributed by atoms with van der Waals surface area (Å²) in [6.45, 7) is 2.20. The molecule has 31 heavy (non-hydrogen) atoms. The fraction of sp³-hybridized carbons (Fsp3) is 0.636. The van der Waals surface area contributed by atoms with Gasteiger partial charge >= 0.3 is 11.9 Å². The van der Waals surface area contributed by atoms with Crippen molar-refractivity contribution in [3.8, 4) is 0 Å². The van der Waals surface area contributed by atoms with Crippen LogP contribution in [0.3, 0.4) is 0 Å². The molecule has 1 heterocycles. The van der Waals surface area contributed by atoms with E-state index in [4.69, 9.17) is 5.11 Å². The molecule has 1 atom stereocenters. The van der Waals surface area contributed by atoms with Crippen molar-refractivity contribution in [1.29, 1.82) is 0 Å². The van der Waals surface area contributed by atoms with Crippen molar-refractivity contribution in [2.24, 2.45) is 20.7 Å². The van der Waals surface area contributed by atoms with Crippen molar-refractivity contribution < 1.29 is 19.8 Å². The zero-order valence-electron chi connectivity index (χ0n) is 18.1. The minimum Gasteiger partial charge on any atom is -0.481 e. The fourth-order valence-electron chi connectivity index (χ4n) is 3.65. The standard InChI is InChI=1S/C22H32N4O4S/c1-2-3-4-5-6-7-11-17-12-8-9-13-18(17)19(16-21(29)30)31-22(23-25-26-24-22)15-10-14-20(27)28/h8-9,12-13,19H,2-7,10-11,14-16H2,1H3,(H,27,28)(H,29,30). The summed E-state index contributed by atoms with van der Waals surface area (Å²) < 4.78 is 0. The fourth-order valence-corrected chi connectivity index (χ4v) is 5.12. The molecule has 2 rings (SSSR count). The van der Waals surface area contributed by atoms with E-state index in [0.29, 0.717) is 12.8 Å². The number of thioether (sulfide) groups is 1. The van der Waals surface area contributed by atoms with Crippen LogP contribution in [-0.4, -0.2) is 27.1 Å². The minimum absolute atomic E-state index is 0.00837. The highest BCUT2D eigenvalue weighted by atomic mass is 32.2. The van der Waals surface area contributed by atoms with Crippen LogP contribution in [-0.2, 0) is 16.0 Å². The number of aryl methyl sites for hydroxylation is 1. The molecule has 170 valence electrons. The van der Waals surface area contributed by atoms with Crippen LogP contribution < -0.4 is 0 Å². The highest BCUT2D eigenvalue weighted by Crippen LogP contribution is 2.48. The van der Waals surface area contributed by atoms with Crippen LogP contribution in [0.25, 0.3) is 0 Å². The van der Waals surface area contributed by atoms with Gasteiger partial charge in [0.15, 0.2) is 0 Å². The van der Waals surface area contributed by atoms with Gasteiger partial charge in [-0.25, -0.2) is 0 Å². The molecule has 1 unspecified atom stereocenters. The van der Waals surface area contributed by atoms with Crippen molar-refractivity contribution in [2.45, 2.75) is 87.8 Å². The van der Waals surface area contributed by atoms with Gasteiger partial charge < -0.3 is 10.2 Å². The molecule has 1 aliphatic heterocycles. The number of carboxylic acid groups (broad SMARTS) is 2. The first kappa shape index (κ1) is 25.0. The van der Waals surface area contributed by atoms with Crippen molar-refractivity contribution >= 4 is 23.7 Å². The normalized spacial score (nSPS) is 15.3. The first-order chi connectivity index (χ1) is 15.0. The van der Waals surface area contributed by atoms with Crippen LogP contribution in [0.2, 0.25) is 0 Å². The summed E-state index contributed by atoms with van der Waals surface area (Å²) in [5.74, 6) is -1.79. The summed E-state index contributed by atoms with van der Waals surface area (Å²) in [6, 6.07) is 7.94. The van der Waals surface area contributed by atoms with Crippen LogP contribution in [0, 0.1) is 0 Å². The largest absolute Gasteiger partial charge is 0.481 e. The molecule has 1 aliphatic rings. The Morgan fingerprint density at radius 3 is 2.32 bits per heavy atom. The Kier molecular flexibility index (Phi) is 10.6. The maximum atomic E-state index is 11.6. The maximum absolute atomic E-state index is 11.6. The molecule has 1 aromatic rings. The minimum atomic E-state index is -1.07. The van der Waals surface area contributed by atoms with Gasteiger partial charge in [0.1, 0.15) is 0 Å². The summed E-state index contributed by atoms with van der Waals surface area (Å²) in [5.41, 5.74) is 2.11. The Balaban J connectivity index is 2.12. The lowest BCUT2D eigenvalue weighted by molar-refractivity contribution is -0.138. The van der Waals surface area contributed by atoms with Gasteiger partial charge in [0.05, 0.1) is 6.42 Å². The zero-order valence-corrected chi connectivity index (χ0v) is 18.9. The number of benzene rings is 1. The molecule has 0 aliphatic carbocycles. The van der Waals surface area contributed by atoms with Gasteiger partial charge in [-0.1, -0.05) is 75.1 Å². The van der Waals surface area contributed by atoms with E-state index in [1.807, 2.05) is 18.2 Å². The first-order valence-corrected chi connectivity index (χ1v) is 11.9. The van der Waals surface area contributed by atoms with Gasteiger partial charge in [0.25, 0.3) is 0 Å². The van der Waals surface area contributed by atoms with Gasteiger partial charge in [0.2, 0.25) is 4.99 Å². The molecule has 0 bridgehead atoms. The predicted molar refractivity (Wildman–Crippen MR) is 120 cm³/mol. The second kappa shape index (κ2) is 13.2. The molecule has 1 aromatic carbocycles. The summed E-state index contributed by atoms with van der Waals surface area (Å²) in [5, 5.41) is 33.7. The average Bonchev–Trinajstić information content (AvgIpc) is 3.18. The van der Waals surface area contributed by atoms with E-state index in [1.54, 1.807) is 0 Å². The molecule has 0 spiro atoms. The van der Waals surface area contributed by atoms with Gasteiger partial charge in [-0.05, 0) is 40.8 Å². The molecular weight excluding hydrogens is 416 g/mol. The monoisotopic (exact) mass is 448 g/mol. The van der Waals surface area contributed by atoms with Crippen LogP contribution in [0.15, 0.2) is 44.9 Å². The van der Waals surface area contributed by atoms with Crippen molar-refractivity contribution in [2.75, 3.05) is 0 Å². The van der Waals surface area contributed by atoms with E-state index in [9.17, 15) is 14.7 Å². The summed E-state index contributed by atoms with van der Waals surface area (Å²) in [6.07, 6.45) is 8.69. The smallest absolute Gasteiger partial charge is 0.304 e. The summed E-state index contributed by atoms with van der Waals surface area (Å²) in [4.78, 5) is 21.5. The van der Waals surface area contributed by atoms with Crippen molar-refractivity contribution in [1.82, 2.24) is 0 Å². The van der Waals surface area contributed by atoms with Gasteiger partial charge in [0, 0.05) is 18.1 Å². The number of carbonyl (C=O) groups is 2. The lowest BCUT2D eigenvalue weighted by Gasteiger charge is -2.26. The van der Waals surface area contributed by atoms with Gasteiger partial charge in [-0.2, -0.15) is 0 Å². The average molecular weight is 449 g/mol. The number of rotatable bonds is 16. The first-order valence-electron chi connectivity index (χ1n) is 11.0. The third kappa shape index (κ3) is 8.77. The van der Waals surface area contributed by atoms with Crippen LogP contribution in [0.1, 0.15) is 87.5 Å². The van der Waals surface area contributed by atoms with Crippen molar-refractivity contribution in [3.05, 3.63) is 35.4 Å². The molecule has 0 fully saturated rings. The van der Waals surface area contributed by atoms with Crippen LogP contribution in [0.5, 0.6) is 0 Å². The number of carboxylic acids is 2. The highest BCUT2D eigenvalue weighted by molar-refractivity contribution is 8.00. The molecule has 9 heteroatoms. The van der Waals surface area contributed by atoms with E-state index in [-0.39, 0.29) is 18.1 Å². The molecule has 0 amide bonds. The van der Waals surface area contributed by atoms with E-state index in [0.717, 1.165) is 30.4 Å². The molecular formula is C22H32N4O4S. The molecule has 2 N–H and O–H groups in total. The van der Waals surface area contributed by atoms with E-state index >= 15 is 0 Å². The van der Waals surface area contributed by atoms with Gasteiger partial charge in [-0.15, -0.1) is 10.2 Å². The molecule has 0 radical (unpaired) electrons. The second-order valence-corrected chi connectivity index (χ2v) is 9.25.